The van der Waals surface area contributed by atoms with Crippen LogP contribution in [-0.4, -0.2) is 49.4 Å². The van der Waals surface area contributed by atoms with E-state index in [1.807, 2.05) is 0 Å². The molecule has 6 aliphatic rings. The molecular weight excluding hydrogens is 400 g/mol. The maximum atomic E-state index is 13.9. The molecule has 6 rings (SSSR count). The van der Waals surface area contributed by atoms with Crippen LogP contribution in [0.15, 0.2) is 11.6 Å². The average Bonchev–Trinajstić information content (AvgIpc) is 3.42. The van der Waals surface area contributed by atoms with Crippen LogP contribution in [0.1, 0.15) is 52.4 Å². The van der Waals surface area contributed by atoms with Gasteiger partial charge in [0.1, 0.15) is 24.3 Å². The van der Waals surface area contributed by atoms with Gasteiger partial charge in [0.2, 0.25) is 5.79 Å². The van der Waals surface area contributed by atoms with Gasteiger partial charge in [-0.25, -0.2) is 0 Å². The van der Waals surface area contributed by atoms with Crippen molar-refractivity contribution < 1.29 is 33.3 Å². The van der Waals surface area contributed by atoms with Crippen molar-refractivity contribution in [3.8, 4) is 0 Å². The Morgan fingerprint density at radius 3 is 2.65 bits per heavy atom. The van der Waals surface area contributed by atoms with E-state index >= 15 is 0 Å². The third kappa shape index (κ3) is 2.26. The summed E-state index contributed by atoms with van der Waals surface area (Å²) in [6.07, 6.45) is 6.70. The maximum absolute atomic E-state index is 13.9. The van der Waals surface area contributed by atoms with Gasteiger partial charge in [-0.1, -0.05) is 19.4 Å². The number of Topliss-reactive ketones (excluding diaryl/α,β-unsaturated/α-hetero) is 1. The monoisotopic (exact) mass is 430 g/mol. The number of aldehydes is 1. The van der Waals surface area contributed by atoms with Crippen molar-refractivity contribution in [3.05, 3.63) is 11.6 Å². The number of allylic oxidation sites excluding steroid dienone is 1. The maximum Gasteiger partial charge on any atom is 0.226 e. The van der Waals surface area contributed by atoms with Crippen LogP contribution in [0.2, 0.25) is 0 Å². The van der Waals surface area contributed by atoms with Crippen LogP contribution < -0.4 is 0 Å². The normalized spacial score (nSPS) is 53.4. The number of hydrogen-bond acceptors (Lipinski definition) is 7. The lowest BCUT2D eigenvalue weighted by Crippen LogP contribution is -2.65. The fourth-order valence-corrected chi connectivity index (χ4v) is 8.60. The van der Waals surface area contributed by atoms with Crippen LogP contribution in [-0.2, 0) is 33.3 Å². The van der Waals surface area contributed by atoms with Gasteiger partial charge < -0.3 is 23.7 Å². The van der Waals surface area contributed by atoms with Crippen molar-refractivity contribution in [3.63, 3.8) is 0 Å². The number of rotatable bonds is 1. The first-order chi connectivity index (χ1) is 14.8. The SMILES string of the molecule is C[C@]12CC(C=O)C(=O)C=C1CC[C@@H]1[C@@H]2C(=O)C[C@@]2(C)[C@H]1CC[C@@]21OCOC12COCO2. The molecule has 0 N–H and O–H groups in total. The molecule has 0 aromatic carbocycles. The van der Waals surface area contributed by atoms with E-state index < -0.39 is 28.1 Å². The molecule has 7 nitrogen and oxygen atoms in total. The molecule has 168 valence electrons. The second kappa shape index (κ2) is 6.34. The first-order valence-corrected chi connectivity index (χ1v) is 11.5. The first kappa shape index (κ1) is 20.2. The van der Waals surface area contributed by atoms with Crippen molar-refractivity contribution in [1.82, 2.24) is 0 Å². The van der Waals surface area contributed by atoms with Gasteiger partial charge in [-0.15, -0.1) is 0 Å². The van der Waals surface area contributed by atoms with E-state index in [4.69, 9.17) is 18.9 Å². The smallest absolute Gasteiger partial charge is 0.226 e. The van der Waals surface area contributed by atoms with Crippen LogP contribution in [0.3, 0.4) is 0 Å². The fourth-order valence-electron chi connectivity index (χ4n) is 8.60. The summed E-state index contributed by atoms with van der Waals surface area (Å²) in [4.78, 5) is 37.8. The summed E-state index contributed by atoms with van der Waals surface area (Å²) >= 11 is 0. The van der Waals surface area contributed by atoms with E-state index in [2.05, 4.69) is 13.8 Å². The number of hydrogen-bond donors (Lipinski definition) is 0. The predicted molar refractivity (Wildman–Crippen MR) is 106 cm³/mol. The zero-order valence-electron chi connectivity index (χ0n) is 18.2. The molecule has 2 unspecified atom stereocenters. The Labute approximate surface area is 181 Å². The molecule has 5 fully saturated rings. The van der Waals surface area contributed by atoms with Gasteiger partial charge in [0.25, 0.3) is 0 Å². The van der Waals surface area contributed by atoms with Crippen molar-refractivity contribution in [2.75, 3.05) is 20.2 Å². The minimum absolute atomic E-state index is 0.106. The fraction of sp³-hybridized carbons (Fsp3) is 0.792. The largest absolute Gasteiger partial charge is 0.350 e. The zero-order valence-corrected chi connectivity index (χ0v) is 18.2. The second-order valence-electron chi connectivity index (χ2n) is 10.9. The Kier molecular flexibility index (Phi) is 4.13. The van der Waals surface area contributed by atoms with Crippen LogP contribution >= 0.6 is 0 Å². The standard InChI is InChI=1S/C24H30O7/c1-21-8-14(10-25)18(26)7-15(21)3-4-16-17-5-6-23(22(17,2)9-19(27)20(16)21)24(31-13-29-23)11-28-12-30-24/h7,10,14,16-17,20H,3-6,8-9,11-13H2,1-2H3/t14?,16-,17-,20+,21-,22-,23+,24?/m0/s1. The molecule has 31 heavy (non-hydrogen) atoms. The molecule has 2 aliphatic heterocycles. The minimum Gasteiger partial charge on any atom is -0.350 e. The molecule has 2 heterocycles. The molecule has 0 aromatic heterocycles. The number of ether oxygens (including phenoxy) is 4. The zero-order chi connectivity index (χ0) is 21.6. The van der Waals surface area contributed by atoms with Gasteiger partial charge in [-0.05, 0) is 55.4 Å². The van der Waals surface area contributed by atoms with Crippen molar-refractivity contribution in [1.29, 1.82) is 0 Å². The summed E-state index contributed by atoms with van der Waals surface area (Å²) in [6.45, 7) is 4.95. The Bertz CT molecular complexity index is 883. The van der Waals surface area contributed by atoms with Gasteiger partial charge in [-0.3, -0.25) is 9.59 Å². The third-order valence-corrected chi connectivity index (χ3v) is 9.92. The van der Waals surface area contributed by atoms with E-state index in [9.17, 15) is 14.4 Å². The summed E-state index contributed by atoms with van der Waals surface area (Å²) in [7, 11) is 0. The first-order valence-electron chi connectivity index (χ1n) is 11.5. The van der Waals surface area contributed by atoms with E-state index in [-0.39, 0.29) is 37.0 Å². The van der Waals surface area contributed by atoms with Crippen LogP contribution in [0.4, 0.5) is 0 Å². The molecule has 2 spiro atoms. The predicted octanol–water partition coefficient (Wildman–Crippen LogP) is 2.57. The summed E-state index contributed by atoms with van der Waals surface area (Å²) in [5, 5.41) is 0. The van der Waals surface area contributed by atoms with Gasteiger partial charge in [0.15, 0.2) is 19.4 Å². The Hall–Kier alpha value is -1.41. The number of carbonyl (C=O) groups is 3. The minimum atomic E-state index is -0.937. The molecule has 2 saturated heterocycles. The summed E-state index contributed by atoms with van der Waals surface area (Å²) < 4.78 is 23.9. The Morgan fingerprint density at radius 2 is 1.90 bits per heavy atom. The lowest BCUT2D eigenvalue weighted by molar-refractivity contribution is -0.246. The highest BCUT2D eigenvalue weighted by atomic mass is 16.9. The summed E-state index contributed by atoms with van der Waals surface area (Å²) in [5.41, 5.74) is -0.450. The van der Waals surface area contributed by atoms with Crippen molar-refractivity contribution in [2.24, 2.45) is 34.5 Å². The average molecular weight is 430 g/mol. The highest BCUT2D eigenvalue weighted by molar-refractivity contribution is 6.02. The molecule has 0 bridgehead atoms. The van der Waals surface area contributed by atoms with E-state index in [0.29, 0.717) is 25.4 Å². The number of carbonyl (C=O) groups excluding carboxylic acids is 3. The summed E-state index contributed by atoms with van der Waals surface area (Å²) in [5.74, 6) is -1.11. The van der Waals surface area contributed by atoms with E-state index in [1.165, 1.54) is 0 Å². The summed E-state index contributed by atoms with van der Waals surface area (Å²) in [6, 6.07) is 0. The highest BCUT2D eigenvalue weighted by Gasteiger charge is 2.77. The van der Waals surface area contributed by atoms with Crippen molar-refractivity contribution >= 4 is 17.9 Å². The van der Waals surface area contributed by atoms with E-state index in [1.54, 1.807) is 6.08 Å². The van der Waals surface area contributed by atoms with Crippen LogP contribution in [0.25, 0.3) is 0 Å². The van der Waals surface area contributed by atoms with Gasteiger partial charge in [-0.2, -0.15) is 0 Å². The highest BCUT2D eigenvalue weighted by Crippen LogP contribution is 2.70. The van der Waals surface area contributed by atoms with Crippen LogP contribution in [0.5, 0.6) is 0 Å². The lowest BCUT2D eigenvalue weighted by atomic mass is 9.45. The van der Waals surface area contributed by atoms with Crippen LogP contribution in [0, 0.1) is 34.5 Å². The quantitative estimate of drug-likeness (QED) is 0.467. The van der Waals surface area contributed by atoms with E-state index in [0.717, 1.165) is 37.5 Å². The topological polar surface area (TPSA) is 88.1 Å². The van der Waals surface area contributed by atoms with Gasteiger partial charge >= 0.3 is 0 Å². The molecule has 7 heteroatoms. The Morgan fingerprint density at radius 1 is 1.10 bits per heavy atom. The van der Waals surface area contributed by atoms with Crippen molar-refractivity contribution in [2.45, 2.75) is 63.8 Å². The molecule has 0 aromatic rings. The lowest BCUT2D eigenvalue weighted by Gasteiger charge is -2.59. The molecule has 8 atom stereocenters. The third-order valence-electron chi connectivity index (χ3n) is 9.92. The van der Waals surface area contributed by atoms with Gasteiger partial charge in [0.05, 0.1) is 5.92 Å². The second-order valence-corrected chi connectivity index (χ2v) is 10.9. The van der Waals surface area contributed by atoms with Gasteiger partial charge in [0, 0.05) is 17.8 Å². The molecular formula is C24H30O7. The molecule has 0 amide bonds. The molecule has 4 aliphatic carbocycles. The molecule has 0 radical (unpaired) electrons. The number of fused-ring (bicyclic) bond motifs is 7. The number of ketones is 2. The Balaban J connectivity index is 1.41. The molecule has 3 saturated carbocycles.